The maximum Gasteiger partial charge on any atom is 0.222 e. The lowest BCUT2D eigenvalue weighted by Gasteiger charge is -2.21. The molecular weight excluding hydrogens is 324 g/mol. The molecule has 2 N–H and O–H groups in total. The van der Waals surface area contributed by atoms with E-state index in [1.165, 1.54) is 0 Å². The van der Waals surface area contributed by atoms with Gasteiger partial charge in [-0.1, -0.05) is 12.1 Å². The molecule has 0 spiro atoms. The van der Waals surface area contributed by atoms with Crippen LogP contribution in [-0.2, 0) is 6.42 Å². The summed E-state index contributed by atoms with van der Waals surface area (Å²) in [5.41, 5.74) is 8.83. The molecule has 1 heterocycles. The van der Waals surface area contributed by atoms with Crippen molar-refractivity contribution in [1.82, 2.24) is 9.97 Å². The molecule has 0 aliphatic carbocycles. The van der Waals surface area contributed by atoms with Gasteiger partial charge in [0.05, 0.1) is 12.6 Å². The Kier molecular flexibility index (Phi) is 4.71. The molecule has 1 aromatic heterocycles. The summed E-state index contributed by atoms with van der Waals surface area (Å²) in [7, 11) is 3.61. The molecule has 0 radical (unpaired) electrons. The van der Waals surface area contributed by atoms with Gasteiger partial charge < -0.3 is 15.4 Å². The SMILES string of the molecule is COc1ccc(N(C)c2nc(N)nc3cccc(CCCl)c23)cc1. The number of hydrogen-bond acceptors (Lipinski definition) is 5. The van der Waals surface area contributed by atoms with Crippen LogP contribution in [0.2, 0.25) is 0 Å². The number of aromatic nitrogens is 2. The molecule has 0 amide bonds. The number of fused-ring (bicyclic) bond motifs is 1. The summed E-state index contributed by atoms with van der Waals surface area (Å²) in [4.78, 5) is 10.8. The number of halogens is 1. The molecule has 0 saturated carbocycles. The number of nitrogen functional groups attached to an aromatic ring is 1. The van der Waals surface area contributed by atoms with Crippen molar-refractivity contribution in [2.75, 3.05) is 30.7 Å². The van der Waals surface area contributed by atoms with Crippen LogP contribution < -0.4 is 15.4 Å². The first-order chi connectivity index (χ1) is 11.6. The highest BCUT2D eigenvalue weighted by atomic mass is 35.5. The zero-order valence-electron chi connectivity index (χ0n) is 13.7. The monoisotopic (exact) mass is 342 g/mol. The number of ether oxygens (including phenoxy) is 1. The van der Waals surface area contributed by atoms with Crippen LogP contribution in [0, 0.1) is 0 Å². The minimum absolute atomic E-state index is 0.251. The van der Waals surface area contributed by atoms with Crippen LogP contribution in [0.3, 0.4) is 0 Å². The summed E-state index contributed by atoms with van der Waals surface area (Å²) in [5.74, 6) is 2.36. The molecule has 2 aromatic carbocycles. The van der Waals surface area contributed by atoms with E-state index in [-0.39, 0.29) is 5.95 Å². The van der Waals surface area contributed by atoms with Crippen molar-refractivity contribution >= 4 is 40.0 Å². The molecule has 3 rings (SSSR count). The Morgan fingerprint density at radius 2 is 1.88 bits per heavy atom. The first-order valence-corrected chi connectivity index (χ1v) is 8.16. The van der Waals surface area contributed by atoms with Crippen molar-refractivity contribution in [2.45, 2.75) is 6.42 Å². The number of nitrogens with zero attached hydrogens (tertiary/aromatic N) is 3. The number of alkyl halides is 1. The molecule has 24 heavy (non-hydrogen) atoms. The van der Waals surface area contributed by atoms with Gasteiger partial charge >= 0.3 is 0 Å². The molecular formula is C18H19ClN4O. The molecule has 6 heteroatoms. The third-order valence-corrected chi connectivity index (χ3v) is 4.14. The van der Waals surface area contributed by atoms with E-state index in [4.69, 9.17) is 22.1 Å². The van der Waals surface area contributed by atoms with Gasteiger partial charge in [0.1, 0.15) is 11.6 Å². The molecule has 3 aromatic rings. The van der Waals surface area contributed by atoms with E-state index in [0.29, 0.717) is 5.88 Å². The zero-order chi connectivity index (χ0) is 17.1. The lowest BCUT2D eigenvalue weighted by atomic mass is 10.1. The van der Waals surface area contributed by atoms with Crippen molar-refractivity contribution in [2.24, 2.45) is 0 Å². The van der Waals surface area contributed by atoms with E-state index < -0.39 is 0 Å². The fourth-order valence-electron chi connectivity index (χ4n) is 2.73. The van der Waals surface area contributed by atoms with Gasteiger partial charge in [0.25, 0.3) is 0 Å². The number of methoxy groups -OCH3 is 1. The van der Waals surface area contributed by atoms with Gasteiger partial charge in [0, 0.05) is 24.0 Å². The lowest BCUT2D eigenvalue weighted by molar-refractivity contribution is 0.415. The van der Waals surface area contributed by atoms with Crippen LogP contribution in [0.4, 0.5) is 17.5 Å². The minimum atomic E-state index is 0.251. The first-order valence-electron chi connectivity index (χ1n) is 7.63. The van der Waals surface area contributed by atoms with Crippen molar-refractivity contribution in [3.8, 4) is 5.75 Å². The van der Waals surface area contributed by atoms with Crippen LogP contribution in [0.15, 0.2) is 42.5 Å². The summed E-state index contributed by atoms with van der Waals surface area (Å²) < 4.78 is 5.22. The van der Waals surface area contributed by atoms with E-state index in [2.05, 4.69) is 16.0 Å². The van der Waals surface area contributed by atoms with Gasteiger partial charge in [0.15, 0.2) is 0 Å². The van der Waals surface area contributed by atoms with Gasteiger partial charge in [-0.15, -0.1) is 11.6 Å². The van der Waals surface area contributed by atoms with Crippen molar-refractivity contribution < 1.29 is 4.74 Å². The van der Waals surface area contributed by atoms with E-state index >= 15 is 0 Å². The second kappa shape index (κ2) is 6.93. The van der Waals surface area contributed by atoms with E-state index in [0.717, 1.165) is 40.1 Å². The lowest BCUT2D eigenvalue weighted by Crippen LogP contribution is -2.14. The summed E-state index contributed by atoms with van der Waals surface area (Å²) in [6.07, 6.45) is 0.746. The maximum atomic E-state index is 5.96. The largest absolute Gasteiger partial charge is 0.497 e. The fraction of sp³-hybridized carbons (Fsp3) is 0.222. The van der Waals surface area contributed by atoms with Crippen LogP contribution in [0.25, 0.3) is 10.9 Å². The van der Waals surface area contributed by atoms with Crippen molar-refractivity contribution in [3.63, 3.8) is 0 Å². The molecule has 0 aliphatic heterocycles. The molecule has 0 aliphatic rings. The highest BCUT2D eigenvalue weighted by Crippen LogP contribution is 2.32. The third kappa shape index (κ3) is 3.08. The van der Waals surface area contributed by atoms with E-state index in [9.17, 15) is 0 Å². The van der Waals surface area contributed by atoms with E-state index in [1.54, 1.807) is 7.11 Å². The van der Waals surface area contributed by atoms with Crippen LogP contribution in [0.5, 0.6) is 5.75 Å². The molecule has 5 nitrogen and oxygen atoms in total. The Balaban J connectivity index is 2.15. The first kappa shape index (κ1) is 16.3. The summed E-state index contributed by atoms with van der Waals surface area (Å²) in [6.45, 7) is 0. The van der Waals surface area contributed by atoms with Gasteiger partial charge in [-0.3, -0.25) is 0 Å². The Morgan fingerprint density at radius 1 is 1.12 bits per heavy atom. The minimum Gasteiger partial charge on any atom is -0.497 e. The standard InChI is InChI=1S/C18H19ClN4O/c1-23(13-6-8-14(24-2)9-7-13)17-16-12(10-11-19)4-3-5-15(16)21-18(20)22-17/h3-9H,10-11H2,1-2H3,(H2,20,21,22). The third-order valence-electron chi connectivity index (χ3n) is 3.95. The topological polar surface area (TPSA) is 64.3 Å². The van der Waals surface area contributed by atoms with Crippen LogP contribution in [-0.4, -0.2) is 30.0 Å². The number of nitrogens with two attached hydrogens (primary N) is 1. The predicted octanol–water partition coefficient (Wildman–Crippen LogP) is 3.77. The van der Waals surface area contributed by atoms with Crippen LogP contribution >= 0.6 is 11.6 Å². The molecule has 0 unspecified atom stereocenters. The van der Waals surface area contributed by atoms with Crippen molar-refractivity contribution in [1.29, 1.82) is 0 Å². The summed E-state index contributed by atoms with van der Waals surface area (Å²) >= 11 is 5.96. The number of hydrogen-bond donors (Lipinski definition) is 1. The summed E-state index contributed by atoms with van der Waals surface area (Å²) in [5, 5.41) is 0.977. The van der Waals surface area contributed by atoms with Crippen molar-refractivity contribution in [3.05, 3.63) is 48.0 Å². The molecule has 0 bridgehead atoms. The predicted molar refractivity (Wildman–Crippen MR) is 99.4 cm³/mol. The fourth-order valence-corrected chi connectivity index (χ4v) is 2.94. The number of benzene rings is 2. The molecule has 124 valence electrons. The second-order valence-electron chi connectivity index (χ2n) is 5.41. The Hall–Kier alpha value is -2.53. The Labute approximate surface area is 146 Å². The summed E-state index contributed by atoms with van der Waals surface area (Å²) in [6, 6.07) is 13.7. The quantitative estimate of drug-likeness (QED) is 0.715. The Bertz CT molecular complexity index is 852. The Morgan fingerprint density at radius 3 is 2.54 bits per heavy atom. The number of rotatable bonds is 5. The second-order valence-corrected chi connectivity index (χ2v) is 5.79. The van der Waals surface area contributed by atoms with Gasteiger partial charge in [0.2, 0.25) is 5.95 Å². The van der Waals surface area contributed by atoms with Gasteiger partial charge in [-0.25, -0.2) is 4.98 Å². The molecule has 0 atom stereocenters. The van der Waals surface area contributed by atoms with Gasteiger partial charge in [-0.05, 0) is 42.3 Å². The normalized spacial score (nSPS) is 10.8. The van der Waals surface area contributed by atoms with Crippen LogP contribution in [0.1, 0.15) is 5.56 Å². The van der Waals surface area contributed by atoms with Gasteiger partial charge in [-0.2, -0.15) is 4.98 Å². The molecule has 0 saturated heterocycles. The zero-order valence-corrected chi connectivity index (χ0v) is 14.4. The highest BCUT2D eigenvalue weighted by molar-refractivity contribution is 6.18. The maximum absolute atomic E-state index is 5.96. The van der Waals surface area contributed by atoms with E-state index in [1.807, 2.05) is 48.3 Å². The smallest absolute Gasteiger partial charge is 0.222 e. The highest BCUT2D eigenvalue weighted by Gasteiger charge is 2.15. The number of anilines is 3. The average molecular weight is 343 g/mol. The average Bonchev–Trinajstić information content (AvgIpc) is 2.60. The number of aryl methyl sites for hydroxylation is 1. The molecule has 0 fully saturated rings.